The number of likely N-dealkylation sites (N-methyl/N-ethyl adjacent to an activating group) is 1. The molecular weight excluding hydrogens is 310 g/mol. The fourth-order valence-corrected chi connectivity index (χ4v) is 3.74. The number of benzene rings is 1. The quantitative estimate of drug-likeness (QED) is 0.860. The number of aryl methyl sites for hydroxylation is 1. The molecule has 122 valence electrons. The average Bonchev–Trinajstić information content (AvgIpc) is 2.87. The zero-order valence-electron chi connectivity index (χ0n) is 13.4. The van der Waals surface area contributed by atoms with E-state index in [9.17, 15) is 9.59 Å². The molecule has 6 heteroatoms. The van der Waals surface area contributed by atoms with Gasteiger partial charge in [-0.05, 0) is 19.5 Å². The van der Waals surface area contributed by atoms with Gasteiger partial charge in [0.15, 0.2) is 0 Å². The van der Waals surface area contributed by atoms with Crippen LogP contribution in [0.1, 0.15) is 17.3 Å². The minimum absolute atomic E-state index is 0.00977. The van der Waals surface area contributed by atoms with Crippen molar-refractivity contribution in [3.05, 3.63) is 56.6 Å². The van der Waals surface area contributed by atoms with E-state index in [1.165, 1.54) is 0 Å². The van der Waals surface area contributed by atoms with Crippen LogP contribution in [0.15, 0.2) is 40.5 Å². The Hall–Kier alpha value is -1.92. The van der Waals surface area contributed by atoms with Crippen LogP contribution in [0.25, 0.3) is 0 Å². The molecule has 2 heterocycles. The van der Waals surface area contributed by atoms with Crippen molar-refractivity contribution in [3.63, 3.8) is 0 Å². The van der Waals surface area contributed by atoms with E-state index in [2.05, 4.69) is 24.1 Å². The van der Waals surface area contributed by atoms with Crippen molar-refractivity contribution in [2.24, 2.45) is 0 Å². The van der Waals surface area contributed by atoms with Crippen LogP contribution < -0.4 is 4.87 Å². The van der Waals surface area contributed by atoms with Gasteiger partial charge >= 0.3 is 4.87 Å². The van der Waals surface area contributed by atoms with Crippen molar-refractivity contribution in [1.29, 1.82) is 0 Å². The summed E-state index contributed by atoms with van der Waals surface area (Å²) in [5.74, 6) is 0.00977. The highest BCUT2D eigenvalue weighted by Crippen LogP contribution is 2.25. The lowest BCUT2D eigenvalue weighted by atomic mass is 10.0. The zero-order chi connectivity index (χ0) is 16.4. The van der Waals surface area contributed by atoms with Gasteiger partial charge in [0.05, 0.1) is 6.04 Å². The number of nitrogens with zero attached hydrogens (tertiary/aromatic N) is 3. The maximum atomic E-state index is 12.8. The van der Waals surface area contributed by atoms with Crippen LogP contribution in [-0.4, -0.2) is 47.0 Å². The van der Waals surface area contributed by atoms with Crippen molar-refractivity contribution in [2.75, 3.05) is 26.7 Å². The molecule has 1 aliphatic rings. The lowest BCUT2D eigenvalue weighted by Gasteiger charge is -2.40. The summed E-state index contributed by atoms with van der Waals surface area (Å²) in [5, 5.41) is 1.80. The maximum absolute atomic E-state index is 12.8. The minimum atomic E-state index is -0.0683. The lowest BCUT2D eigenvalue weighted by Crippen LogP contribution is -2.50. The van der Waals surface area contributed by atoms with E-state index in [1.54, 1.807) is 9.95 Å². The van der Waals surface area contributed by atoms with Crippen LogP contribution in [0.4, 0.5) is 0 Å². The van der Waals surface area contributed by atoms with Gasteiger partial charge in [-0.3, -0.25) is 14.2 Å². The summed E-state index contributed by atoms with van der Waals surface area (Å²) in [6.45, 7) is 4.34. The molecule has 1 saturated heterocycles. The molecule has 1 fully saturated rings. The molecule has 2 aromatic rings. The number of thiazole rings is 1. The Morgan fingerprint density at radius 3 is 2.65 bits per heavy atom. The Labute approximate surface area is 139 Å². The second-order valence-electron chi connectivity index (χ2n) is 6.00. The van der Waals surface area contributed by atoms with Crippen LogP contribution in [0.2, 0.25) is 0 Å². The molecule has 0 radical (unpaired) electrons. The molecule has 1 atom stereocenters. The number of hydrogen-bond acceptors (Lipinski definition) is 4. The predicted octanol–water partition coefficient (Wildman–Crippen LogP) is 1.73. The number of amides is 1. The highest BCUT2D eigenvalue weighted by atomic mass is 32.1. The van der Waals surface area contributed by atoms with Crippen molar-refractivity contribution in [3.8, 4) is 0 Å². The topological polar surface area (TPSA) is 45.6 Å². The predicted molar refractivity (Wildman–Crippen MR) is 91.7 cm³/mol. The van der Waals surface area contributed by atoms with Crippen LogP contribution in [0.5, 0.6) is 0 Å². The van der Waals surface area contributed by atoms with Crippen LogP contribution in [-0.2, 0) is 11.3 Å². The summed E-state index contributed by atoms with van der Waals surface area (Å²) < 4.78 is 1.56. The van der Waals surface area contributed by atoms with Crippen LogP contribution in [0, 0.1) is 6.92 Å². The second kappa shape index (κ2) is 6.68. The number of hydrogen-bond donors (Lipinski definition) is 0. The van der Waals surface area contributed by atoms with Gasteiger partial charge in [0.25, 0.3) is 0 Å². The number of aromatic nitrogens is 1. The first kappa shape index (κ1) is 16.0. The van der Waals surface area contributed by atoms with Gasteiger partial charge < -0.3 is 9.80 Å². The number of carbonyl (C=O) groups is 1. The van der Waals surface area contributed by atoms with E-state index >= 15 is 0 Å². The first-order chi connectivity index (χ1) is 11.1. The molecule has 0 aliphatic carbocycles. The number of rotatable bonds is 3. The normalized spacial score (nSPS) is 19.0. The summed E-state index contributed by atoms with van der Waals surface area (Å²) >= 11 is 1.15. The lowest BCUT2D eigenvalue weighted by molar-refractivity contribution is -0.136. The molecule has 1 aromatic carbocycles. The molecule has 5 nitrogen and oxygen atoms in total. The number of piperazine rings is 1. The van der Waals surface area contributed by atoms with E-state index in [4.69, 9.17) is 0 Å². The summed E-state index contributed by atoms with van der Waals surface area (Å²) in [6, 6.07) is 10.1. The van der Waals surface area contributed by atoms with Crippen molar-refractivity contribution < 1.29 is 4.79 Å². The van der Waals surface area contributed by atoms with Gasteiger partial charge in [0.2, 0.25) is 5.91 Å². The van der Waals surface area contributed by atoms with Crippen molar-refractivity contribution in [2.45, 2.75) is 19.5 Å². The highest BCUT2D eigenvalue weighted by molar-refractivity contribution is 7.07. The third kappa shape index (κ3) is 3.38. The van der Waals surface area contributed by atoms with Crippen LogP contribution >= 0.6 is 11.3 Å². The van der Waals surface area contributed by atoms with Gasteiger partial charge in [0, 0.05) is 30.7 Å². The van der Waals surface area contributed by atoms with Gasteiger partial charge in [-0.2, -0.15) is 0 Å². The summed E-state index contributed by atoms with van der Waals surface area (Å²) in [6.07, 6.45) is 0. The molecule has 0 bridgehead atoms. The van der Waals surface area contributed by atoms with E-state index < -0.39 is 0 Å². The molecular formula is C17H21N3O2S. The smallest absolute Gasteiger partial charge is 0.307 e. The molecule has 1 aliphatic heterocycles. The van der Waals surface area contributed by atoms with Gasteiger partial charge in [0.1, 0.15) is 6.54 Å². The molecule has 0 saturated carbocycles. The minimum Gasteiger partial charge on any atom is -0.332 e. The zero-order valence-corrected chi connectivity index (χ0v) is 14.3. The maximum Gasteiger partial charge on any atom is 0.307 e. The Balaban J connectivity index is 1.84. The molecule has 3 rings (SSSR count). The summed E-state index contributed by atoms with van der Waals surface area (Å²) in [7, 11) is 2.07. The molecule has 0 N–H and O–H groups in total. The molecule has 0 spiro atoms. The third-order valence-electron chi connectivity index (χ3n) is 4.36. The van der Waals surface area contributed by atoms with E-state index in [0.29, 0.717) is 6.54 Å². The molecule has 1 unspecified atom stereocenters. The molecule has 23 heavy (non-hydrogen) atoms. The Bertz CT molecular complexity index is 738. The van der Waals surface area contributed by atoms with Crippen molar-refractivity contribution in [1.82, 2.24) is 14.4 Å². The van der Waals surface area contributed by atoms with Crippen molar-refractivity contribution >= 4 is 17.2 Å². The summed E-state index contributed by atoms with van der Waals surface area (Å²) in [5.41, 5.74) is 1.99. The fraction of sp³-hybridized carbons (Fsp3) is 0.412. The van der Waals surface area contributed by atoms with Gasteiger partial charge in [-0.1, -0.05) is 41.7 Å². The SMILES string of the molecule is Cc1csc(=O)n1CC(=O)N1CCN(C)CC1c1ccccc1. The van der Waals surface area contributed by atoms with E-state index in [-0.39, 0.29) is 23.4 Å². The van der Waals surface area contributed by atoms with Gasteiger partial charge in [-0.15, -0.1) is 0 Å². The number of carbonyl (C=O) groups excluding carboxylic acids is 1. The Kier molecular flexibility index (Phi) is 4.63. The second-order valence-corrected chi connectivity index (χ2v) is 6.83. The average molecular weight is 331 g/mol. The Morgan fingerprint density at radius 1 is 1.26 bits per heavy atom. The standard InChI is InChI=1S/C17H21N3O2S/c1-13-12-23-17(22)20(13)11-16(21)19-9-8-18(2)10-15(19)14-6-4-3-5-7-14/h3-7,12,15H,8-11H2,1-2H3. The fourth-order valence-electron chi connectivity index (χ4n) is 3.00. The highest BCUT2D eigenvalue weighted by Gasteiger charge is 2.30. The first-order valence-corrected chi connectivity index (χ1v) is 8.62. The van der Waals surface area contributed by atoms with E-state index in [1.807, 2.05) is 30.0 Å². The van der Waals surface area contributed by atoms with E-state index in [0.717, 1.165) is 35.7 Å². The molecule has 1 amide bonds. The monoisotopic (exact) mass is 331 g/mol. The largest absolute Gasteiger partial charge is 0.332 e. The van der Waals surface area contributed by atoms with Gasteiger partial charge in [-0.25, -0.2) is 0 Å². The Morgan fingerprint density at radius 2 is 2.00 bits per heavy atom. The third-order valence-corrected chi connectivity index (χ3v) is 5.24. The van der Waals surface area contributed by atoms with Crippen LogP contribution in [0.3, 0.4) is 0 Å². The molecule has 1 aromatic heterocycles. The summed E-state index contributed by atoms with van der Waals surface area (Å²) in [4.78, 5) is 28.8. The first-order valence-electron chi connectivity index (χ1n) is 7.74.